The quantitative estimate of drug-likeness (QED) is 0.556. The van der Waals surface area contributed by atoms with Gasteiger partial charge >= 0.3 is 5.97 Å². The molecule has 0 aromatic heterocycles. The van der Waals surface area contributed by atoms with E-state index in [0.29, 0.717) is 44.0 Å². The number of carbonyl (C=O) groups is 1. The molecule has 0 spiro atoms. The highest BCUT2D eigenvalue weighted by Crippen LogP contribution is 2.36. The smallest absolute Gasteiger partial charge is 0.343 e. The Morgan fingerprint density at radius 3 is 2.40 bits per heavy atom. The maximum atomic E-state index is 12.2. The normalized spacial score (nSPS) is 15.1. The highest BCUT2D eigenvalue weighted by atomic mass is 35.5. The summed E-state index contributed by atoms with van der Waals surface area (Å²) in [6.07, 6.45) is 3.23. The molecule has 0 radical (unpaired) electrons. The molecular formula is C19H14Cl2O4. The van der Waals surface area contributed by atoms with Gasteiger partial charge < -0.3 is 14.2 Å². The lowest BCUT2D eigenvalue weighted by Gasteiger charge is -2.10. The topological polar surface area (TPSA) is 44.8 Å². The second kappa shape index (κ2) is 7.21. The molecule has 4 nitrogen and oxygen atoms in total. The Morgan fingerprint density at radius 1 is 1.04 bits per heavy atom. The van der Waals surface area contributed by atoms with Crippen molar-refractivity contribution in [1.29, 1.82) is 0 Å². The maximum absolute atomic E-state index is 12.2. The van der Waals surface area contributed by atoms with Crippen LogP contribution >= 0.6 is 23.2 Å². The summed E-state index contributed by atoms with van der Waals surface area (Å²) in [4.78, 5) is 12.2. The van der Waals surface area contributed by atoms with Crippen LogP contribution in [0.25, 0.3) is 11.8 Å². The first-order chi connectivity index (χ1) is 12.0. The van der Waals surface area contributed by atoms with E-state index in [2.05, 4.69) is 0 Å². The van der Waals surface area contributed by atoms with E-state index < -0.39 is 5.97 Å². The number of halogens is 2. The van der Waals surface area contributed by atoms with Crippen molar-refractivity contribution in [2.24, 2.45) is 0 Å². The zero-order chi connectivity index (χ0) is 18.0. The molecule has 0 N–H and O–H groups in total. The number of methoxy groups -OCH3 is 2. The Morgan fingerprint density at radius 2 is 1.76 bits per heavy atom. The molecule has 3 rings (SSSR count). The molecule has 25 heavy (non-hydrogen) atoms. The predicted molar refractivity (Wildman–Crippen MR) is 98.1 cm³/mol. The molecule has 1 aliphatic rings. The number of rotatable bonds is 4. The van der Waals surface area contributed by atoms with Crippen molar-refractivity contribution >= 4 is 41.0 Å². The van der Waals surface area contributed by atoms with Crippen molar-refractivity contribution < 1.29 is 19.0 Å². The molecular weight excluding hydrogens is 363 g/mol. The van der Waals surface area contributed by atoms with Gasteiger partial charge in [-0.15, -0.1) is 0 Å². The molecule has 0 saturated heterocycles. The predicted octanol–water partition coefficient (Wildman–Crippen LogP) is 4.99. The lowest BCUT2D eigenvalue weighted by molar-refractivity contribution is -0.130. The van der Waals surface area contributed by atoms with E-state index in [-0.39, 0.29) is 0 Å². The molecule has 0 bridgehead atoms. The van der Waals surface area contributed by atoms with Gasteiger partial charge in [0.25, 0.3) is 0 Å². The van der Waals surface area contributed by atoms with E-state index in [9.17, 15) is 4.79 Å². The van der Waals surface area contributed by atoms with Crippen LogP contribution in [-0.2, 0) is 9.53 Å². The number of esters is 1. The fourth-order valence-electron chi connectivity index (χ4n) is 2.43. The second-order valence-electron chi connectivity index (χ2n) is 5.20. The van der Waals surface area contributed by atoms with Gasteiger partial charge in [-0.25, -0.2) is 4.79 Å². The zero-order valence-electron chi connectivity index (χ0n) is 13.5. The van der Waals surface area contributed by atoms with Crippen LogP contribution in [0.2, 0.25) is 10.0 Å². The Labute approximate surface area is 155 Å². The fourth-order valence-corrected chi connectivity index (χ4v) is 2.94. The van der Waals surface area contributed by atoms with E-state index in [1.165, 1.54) is 0 Å². The molecule has 0 fully saturated rings. The van der Waals surface area contributed by atoms with Crippen molar-refractivity contribution in [2.45, 2.75) is 0 Å². The van der Waals surface area contributed by atoms with Gasteiger partial charge in [0.2, 0.25) is 0 Å². The monoisotopic (exact) mass is 376 g/mol. The number of hydrogen-bond acceptors (Lipinski definition) is 4. The van der Waals surface area contributed by atoms with Crippen molar-refractivity contribution in [3.63, 3.8) is 0 Å². The summed E-state index contributed by atoms with van der Waals surface area (Å²) in [5.74, 6) is 1.07. The van der Waals surface area contributed by atoms with Crippen LogP contribution in [0.15, 0.2) is 48.0 Å². The van der Waals surface area contributed by atoms with Gasteiger partial charge in [-0.2, -0.15) is 0 Å². The first-order valence-corrected chi connectivity index (χ1v) is 8.11. The van der Waals surface area contributed by atoms with Crippen molar-refractivity contribution in [2.75, 3.05) is 14.2 Å². The highest BCUT2D eigenvalue weighted by molar-refractivity contribution is 6.37. The Bertz CT molecular complexity index is 880. The van der Waals surface area contributed by atoms with Crippen molar-refractivity contribution in [3.8, 4) is 11.5 Å². The molecule has 128 valence electrons. The third-order valence-electron chi connectivity index (χ3n) is 3.70. The molecule has 0 aliphatic carbocycles. The summed E-state index contributed by atoms with van der Waals surface area (Å²) in [6.45, 7) is 0. The van der Waals surface area contributed by atoms with Crippen molar-refractivity contribution in [3.05, 3.63) is 69.2 Å². The first-order valence-electron chi connectivity index (χ1n) is 7.35. The second-order valence-corrected chi connectivity index (χ2v) is 6.01. The minimum absolute atomic E-state index is 0.342. The number of cyclic esters (lactones) is 1. The van der Waals surface area contributed by atoms with Crippen LogP contribution in [0, 0.1) is 0 Å². The van der Waals surface area contributed by atoms with Crippen LogP contribution in [0.1, 0.15) is 11.1 Å². The number of carbonyl (C=O) groups excluding carboxylic acids is 1. The molecule has 0 atom stereocenters. The third-order valence-corrected chi connectivity index (χ3v) is 4.36. The van der Waals surface area contributed by atoms with Crippen LogP contribution < -0.4 is 9.47 Å². The summed E-state index contributed by atoms with van der Waals surface area (Å²) in [5.41, 5.74) is 1.52. The summed E-state index contributed by atoms with van der Waals surface area (Å²) < 4.78 is 15.9. The highest BCUT2D eigenvalue weighted by Gasteiger charge is 2.25. The summed E-state index contributed by atoms with van der Waals surface area (Å²) in [5, 5.41) is 0.905. The van der Waals surface area contributed by atoms with Gasteiger partial charge in [-0.1, -0.05) is 29.3 Å². The average Bonchev–Trinajstić information content (AvgIpc) is 2.98. The summed E-state index contributed by atoms with van der Waals surface area (Å²) in [6, 6.07) is 10.4. The third kappa shape index (κ3) is 3.50. The Hall–Kier alpha value is -2.43. The molecule has 2 aromatic rings. The molecule has 1 heterocycles. The molecule has 1 aliphatic heterocycles. The van der Waals surface area contributed by atoms with Crippen molar-refractivity contribution in [1.82, 2.24) is 0 Å². The van der Waals surface area contributed by atoms with Gasteiger partial charge in [-0.05, 0) is 42.5 Å². The summed E-state index contributed by atoms with van der Waals surface area (Å²) in [7, 11) is 3.11. The molecule has 0 saturated carbocycles. The first kappa shape index (κ1) is 17.4. The Kier molecular flexibility index (Phi) is 5.02. The van der Waals surface area contributed by atoms with Gasteiger partial charge in [0.05, 0.1) is 25.4 Å². The van der Waals surface area contributed by atoms with Gasteiger partial charge in [-0.3, -0.25) is 0 Å². The largest absolute Gasteiger partial charge is 0.497 e. The van der Waals surface area contributed by atoms with Crippen LogP contribution in [0.5, 0.6) is 11.5 Å². The summed E-state index contributed by atoms with van der Waals surface area (Å²) >= 11 is 12.3. The fraction of sp³-hybridized carbons (Fsp3) is 0.105. The maximum Gasteiger partial charge on any atom is 0.343 e. The van der Waals surface area contributed by atoms with Gasteiger partial charge in [0.1, 0.15) is 17.3 Å². The SMILES string of the molecule is COc1ccc(OC)c(C2=C/C(=C/c3c(Cl)cccc3Cl)C(=O)O2)c1. The van der Waals surface area contributed by atoms with Gasteiger partial charge in [0.15, 0.2) is 0 Å². The number of benzene rings is 2. The lowest BCUT2D eigenvalue weighted by atomic mass is 10.1. The minimum atomic E-state index is -0.490. The minimum Gasteiger partial charge on any atom is -0.497 e. The van der Waals surface area contributed by atoms with Crippen LogP contribution in [0.4, 0.5) is 0 Å². The average molecular weight is 377 g/mol. The van der Waals surface area contributed by atoms with Gasteiger partial charge in [0, 0.05) is 15.6 Å². The lowest BCUT2D eigenvalue weighted by Crippen LogP contribution is -1.99. The zero-order valence-corrected chi connectivity index (χ0v) is 15.0. The van der Waals surface area contributed by atoms with E-state index in [1.807, 2.05) is 0 Å². The molecule has 0 unspecified atom stereocenters. The van der Waals surface area contributed by atoms with E-state index in [1.54, 1.807) is 62.8 Å². The van der Waals surface area contributed by atoms with Crippen LogP contribution in [0.3, 0.4) is 0 Å². The molecule has 2 aromatic carbocycles. The number of ether oxygens (including phenoxy) is 3. The van der Waals surface area contributed by atoms with E-state index >= 15 is 0 Å². The Balaban J connectivity index is 2.05. The van der Waals surface area contributed by atoms with E-state index in [4.69, 9.17) is 37.4 Å². The molecule has 6 heteroatoms. The van der Waals surface area contributed by atoms with E-state index in [0.717, 1.165) is 0 Å². The standard InChI is InChI=1S/C19H14Cl2O4/c1-23-12-6-7-17(24-2)14(10-12)18-9-11(19(22)25-18)8-13-15(20)4-3-5-16(13)21/h3-10H,1-2H3/b11-8-. The molecule has 0 amide bonds. The number of hydrogen-bond donors (Lipinski definition) is 0. The van der Waals surface area contributed by atoms with Crippen LogP contribution in [-0.4, -0.2) is 20.2 Å².